The Morgan fingerprint density at radius 2 is 1.96 bits per heavy atom. The third-order valence-electron chi connectivity index (χ3n) is 4.73. The molecule has 5 nitrogen and oxygen atoms in total. The predicted molar refractivity (Wildman–Crippen MR) is 99.7 cm³/mol. The molecule has 3 N–H and O–H groups in total. The van der Waals surface area contributed by atoms with Crippen LogP contribution in [0.4, 0.5) is 4.39 Å². The molecule has 0 aliphatic heterocycles. The van der Waals surface area contributed by atoms with E-state index in [1.54, 1.807) is 37.5 Å². The SMILES string of the molecule is C/C=C(C(=O)n1cc(-c2ccc(F)cc2)cn1)/C(C)=C(/N)NC1(C)CC1. The monoisotopic (exact) mass is 354 g/mol. The summed E-state index contributed by atoms with van der Waals surface area (Å²) >= 11 is 0. The fourth-order valence-corrected chi connectivity index (χ4v) is 2.73. The minimum absolute atomic E-state index is 0.0364. The van der Waals surface area contributed by atoms with Gasteiger partial charge >= 0.3 is 0 Å². The van der Waals surface area contributed by atoms with Gasteiger partial charge in [0, 0.05) is 28.4 Å². The van der Waals surface area contributed by atoms with Crippen molar-refractivity contribution in [1.82, 2.24) is 15.1 Å². The molecule has 1 aromatic heterocycles. The number of halogens is 1. The summed E-state index contributed by atoms with van der Waals surface area (Å²) in [7, 11) is 0. The number of carbonyl (C=O) groups excluding carboxylic acids is 1. The Hall–Kier alpha value is -2.89. The first-order chi connectivity index (χ1) is 12.3. The number of hydrogen-bond donors (Lipinski definition) is 2. The van der Waals surface area contributed by atoms with Crippen LogP contribution in [0, 0.1) is 5.82 Å². The van der Waals surface area contributed by atoms with Crippen molar-refractivity contribution in [2.24, 2.45) is 5.73 Å². The number of allylic oxidation sites excluding steroid dienone is 3. The van der Waals surface area contributed by atoms with Gasteiger partial charge < -0.3 is 11.1 Å². The van der Waals surface area contributed by atoms with E-state index >= 15 is 0 Å². The highest BCUT2D eigenvalue weighted by atomic mass is 19.1. The maximum absolute atomic E-state index is 13.1. The second kappa shape index (κ2) is 6.78. The summed E-state index contributed by atoms with van der Waals surface area (Å²) in [5.41, 5.74) is 8.92. The van der Waals surface area contributed by atoms with Crippen molar-refractivity contribution >= 4 is 5.91 Å². The lowest BCUT2D eigenvalue weighted by molar-refractivity contribution is 0.0942. The van der Waals surface area contributed by atoms with Gasteiger partial charge in [-0.15, -0.1) is 0 Å². The van der Waals surface area contributed by atoms with Gasteiger partial charge in [-0.2, -0.15) is 5.10 Å². The summed E-state index contributed by atoms with van der Waals surface area (Å²) in [5.74, 6) is -0.0528. The van der Waals surface area contributed by atoms with Crippen LogP contribution in [0.5, 0.6) is 0 Å². The maximum atomic E-state index is 13.1. The van der Waals surface area contributed by atoms with E-state index < -0.39 is 0 Å². The van der Waals surface area contributed by atoms with Gasteiger partial charge in [0.1, 0.15) is 11.6 Å². The Kier molecular flexibility index (Phi) is 4.68. The molecule has 0 atom stereocenters. The van der Waals surface area contributed by atoms with E-state index in [-0.39, 0.29) is 17.3 Å². The average Bonchev–Trinajstić information content (AvgIpc) is 3.14. The van der Waals surface area contributed by atoms with Crippen LogP contribution in [0.1, 0.15) is 38.4 Å². The molecule has 1 aliphatic rings. The third-order valence-corrected chi connectivity index (χ3v) is 4.73. The summed E-state index contributed by atoms with van der Waals surface area (Å²) < 4.78 is 14.3. The average molecular weight is 354 g/mol. The van der Waals surface area contributed by atoms with E-state index in [9.17, 15) is 9.18 Å². The Bertz CT molecular complexity index is 889. The zero-order valence-corrected chi connectivity index (χ0v) is 15.2. The number of nitrogens with zero attached hydrogens (tertiary/aromatic N) is 2. The van der Waals surface area contributed by atoms with Crippen LogP contribution in [0.25, 0.3) is 11.1 Å². The summed E-state index contributed by atoms with van der Waals surface area (Å²) in [6, 6.07) is 6.06. The van der Waals surface area contributed by atoms with E-state index in [1.165, 1.54) is 16.8 Å². The summed E-state index contributed by atoms with van der Waals surface area (Å²) in [5, 5.41) is 7.45. The largest absolute Gasteiger partial charge is 0.385 e. The molecule has 136 valence electrons. The van der Waals surface area contributed by atoms with Crippen molar-refractivity contribution in [2.75, 3.05) is 0 Å². The van der Waals surface area contributed by atoms with Gasteiger partial charge in [-0.3, -0.25) is 4.79 Å². The molecule has 3 rings (SSSR count). The number of hydrogen-bond acceptors (Lipinski definition) is 4. The van der Waals surface area contributed by atoms with Gasteiger partial charge in [0.2, 0.25) is 0 Å². The summed E-state index contributed by atoms with van der Waals surface area (Å²) in [4.78, 5) is 12.9. The molecule has 26 heavy (non-hydrogen) atoms. The molecule has 0 spiro atoms. The van der Waals surface area contributed by atoms with Crippen molar-refractivity contribution in [3.8, 4) is 11.1 Å². The van der Waals surface area contributed by atoms with Gasteiger partial charge in [-0.05, 0) is 51.3 Å². The lowest BCUT2D eigenvalue weighted by Crippen LogP contribution is -2.33. The number of rotatable bonds is 5. The Morgan fingerprint density at radius 3 is 2.54 bits per heavy atom. The van der Waals surface area contributed by atoms with E-state index in [1.807, 2.05) is 6.92 Å². The molecule has 1 heterocycles. The highest BCUT2D eigenvalue weighted by Crippen LogP contribution is 2.35. The van der Waals surface area contributed by atoms with Crippen LogP contribution in [-0.4, -0.2) is 21.2 Å². The molecule has 0 bridgehead atoms. The predicted octanol–water partition coefficient (Wildman–Crippen LogP) is 3.61. The molecule has 1 fully saturated rings. The van der Waals surface area contributed by atoms with E-state index in [2.05, 4.69) is 17.3 Å². The van der Waals surface area contributed by atoms with Crippen molar-refractivity contribution in [2.45, 2.75) is 39.2 Å². The molecular formula is C20H23FN4O. The van der Waals surface area contributed by atoms with Crippen LogP contribution in [-0.2, 0) is 0 Å². The quantitative estimate of drug-likeness (QED) is 0.635. The van der Waals surface area contributed by atoms with Crippen molar-refractivity contribution in [3.05, 3.63) is 65.5 Å². The molecule has 0 unspecified atom stereocenters. The number of aromatic nitrogens is 2. The van der Waals surface area contributed by atoms with E-state index in [0.717, 1.165) is 24.0 Å². The molecule has 0 radical (unpaired) electrons. The Morgan fingerprint density at radius 1 is 1.31 bits per heavy atom. The third kappa shape index (κ3) is 3.69. The molecule has 0 saturated heterocycles. The minimum atomic E-state index is -0.304. The number of benzene rings is 1. The normalized spacial score (nSPS) is 16.8. The minimum Gasteiger partial charge on any atom is -0.385 e. The zero-order chi connectivity index (χ0) is 18.9. The van der Waals surface area contributed by atoms with Crippen LogP contribution < -0.4 is 11.1 Å². The fraction of sp³-hybridized carbons (Fsp3) is 0.300. The maximum Gasteiger partial charge on any atom is 0.278 e. The number of nitrogens with two attached hydrogens (primary N) is 1. The van der Waals surface area contributed by atoms with Gasteiger partial charge in [0.15, 0.2) is 0 Å². The highest BCUT2D eigenvalue weighted by molar-refractivity contribution is 5.99. The van der Waals surface area contributed by atoms with Gasteiger partial charge in [-0.25, -0.2) is 9.07 Å². The van der Waals surface area contributed by atoms with Gasteiger partial charge in [-0.1, -0.05) is 18.2 Å². The summed E-state index contributed by atoms with van der Waals surface area (Å²) in [6.07, 6.45) is 7.10. The molecule has 2 aromatic rings. The van der Waals surface area contributed by atoms with Crippen LogP contribution in [0.15, 0.2) is 59.7 Å². The van der Waals surface area contributed by atoms with Crippen molar-refractivity contribution in [1.29, 1.82) is 0 Å². The lowest BCUT2D eigenvalue weighted by atomic mass is 10.1. The molecular weight excluding hydrogens is 331 g/mol. The van der Waals surface area contributed by atoms with Crippen LogP contribution in [0.3, 0.4) is 0 Å². The van der Waals surface area contributed by atoms with Gasteiger partial charge in [0.05, 0.1) is 6.20 Å². The molecule has 1 aliphatic carbocycles. The molecule has 6 heteroatoms. The van der Waals surface area contributed by atoms with E-state index in [0.29, 0.717) is 17.0 Å². The second-order valence-electron chi connectivity index (χ2n) is 6.91. The van der Waals surface area contributed by atoms with Crippen LogP contribution in [0.2, 0.25) is 0 Å². The van der Waals surface area contributed by atoms with Crippen molar-refractivity contribution in [3.63, 3.8) is 0 Å². The summed E-state index contributed by atoms with van der Waals surface area (Å²) in [6.45, 7) is 5.73. The van der Waals surface area contributed by atoms with Crippen molar-refractivity contribution < 1.29 is 9.18 Å². The smallest absolute Gasteiger partial charge is 0.278 e. The Balaban J connectivity index is 1.83. The first-order valence-corrected chi connectivity index (χ1v) is 8.59. The van der Waals surface area contributed by atoms with Crippen LogP contribution >= 0.6 is 0 Å². The Labute approximate surface area is 152 Å². The first-order valence-electron chi connectivity index (χ1n) is 8.59. The topological polar surface area (TPSA) is 72.9 Å². The molecule has 0 amide bonds. The fourth-order valence-electron chi connectivity index (χ4n) is 2.73. The second-order valence-corrected chi connectivity index (χ2v) is 6.91. The zero-order valence-electron chi connectivity index (χ0n) is 15.2. The first kappa shape index (κ1) is 17.9. The molecule has 1 saturated carbocycles. The standard InChI is InChI=1S/C20H23FN4O/c1-4-17(13(2)18(22)24-20(3)9-10-20)19(26)25-12-15(11-23-25)14-5-7-16(21)8-6-14/h4-8,11-12,24H,9-10,22H2,1-3H3/b17-4-,18-13-. The van der Waals surface area contributed by atoms with Gasteiger partial charge in [0.25, 0.3) is 5.91 Å². The lowest BCUT2D eigenvalue weighted by Gasteiger charge is -2.17. The highest BCUT2D eigenvalue weighted by Gasteiger charge is 2.37. The molecule has 1 aromatic carbocycles. The number of nitrogens with one attached hydrogen (secondary N) is 1. The van der Waals surface area contributed by atoms with E-state index in [4.69, 9.17) is 5.73 Å². The number of carbonyl (C=O) groups is 1.